The van der Waals surface area contributed by atoms with Gasteiger partial charge in [0.05, 0.1) is 0 Å². The van der Waals surface area contributed by atoms with Crippen LogP contribution in [0.4, 0.5) is 0 Å². The van der Waals surface area contributed by atoms with E-state index in [4.69, 9.17) is 0 Å². The second-order valence-corrected chi connectivity index (χ2v) is 9.06. The molecule has 2 nitrogen and oxygen atoms in total. The first-order valence-electron chi connectivity index (χ1n) is 8.53. The van der Waals surface area contributed by atoms with Gasteiger partial charge >= 0.3 is 0 Å². The van der Waals surface area contributed by atoms with Gasteiger partial charge in [-0.1, -0.05) is 91.0 Å². The summed E-state index contributed by atoms with van der Waals surface area (Å²) in [6.07, 6.45) is 0. The van der Waals surface area contributed by atoms with Gasteiger partial charge in [0.25, 0.3) is 0 Å². The molecular formula is C23H15O2P. The molecule has 0 aliphatic carbocycles. The molecule has 0 N–H and O–H groups in total. The zero-order chi connectivity index (χ0) is 17.7. The van der Waals surface area contributed by atoms with Crippen molar-refractivity contribution in [3.8, 4) is 11.1 Å². The molecule has 0 atom stereocenters. The van der Waals surface area contributed by atoms with E-state index in [-0.39, 0.29) is 5.52 Å². The fourth-order valence-corrected chi connectivity index (χ4v) is 6.77. The van der Waals surface area contributed by atoms with Gasteiger partial charge in [-0.2, -0.15) is 0 Å². The predicted octanol–water partition coefficient (Wildman–Crippen LogP) is 4.97. The molecule has 4 aromatic rings. The molecule has 0 saturated heterocycles. The van der Waals surface area contributed by atoms with Gasteiger partial charge in [-0.05, 0) is 21.9 Å². The Balaban J connectivity index is 1.82. The van der Waals surface area contributed by atoms with Crippen molar-refractivity contribution in [2.75, 3.05) is 0 Å². The lowest BCUT2D eigenvalue weighted by Crippen LogP contribution is -2.18. The molecule has 0 spiro atoms. The number of hydrogen-bond donors (Lipinski definition) is 0. The second-order valence-electron chi connectivity index (χ2n) is 6.48. The first-order valence-corrected chi connectivity index (χ1v) is 10.2. The summed E-state index contributed by atoms with van der Waals surface area (Å²) in [5.74, 6) is 0. The summed E-state index contributed by atoms with van der Waals surface area (Å²) < 4.78 is 14.3. The van der Waals surface area contributed by atoms with E-state index in [1.54, 1.807) is 6.07 Å². The van der Waals surface area contributed by atoms with Crippen LogP contribution in [0.3, 0.4) is 0 Å². The lowest BCUT2D eigenvalue weighted by atomic mass is 10.1. The highest BCUT2D eigenvalue weighted by molar-refractivity contribution is 7.94. The van der Waals surface area contributed by atoms with E-state index in [1.807, 2.05) is 84.9 Å². The van der Waals surface area contributed by atoms with E-state index in [1.165, 1.54) is 0 Å². The Hall–Kier alpha value is -2.96. The molecule has 124 valence electrons. The highest BCUT2D eigenvalue weighted by Gasteiger charge is 2.44. The second kappa shape index (κ2) is 5.52. The number of rotatable bonds is 2. The highest BCUT2D eigenvalue weighted by Crippen LogP contribution is 2.55. The summed E-state index contributed by atoms with van der Waals surface area (Å²) in [5, 5.41) is 3.13. The van der Waals surface area contributed by atoms with Crippen molar-refractivity contribution < 1.29 is 9.36 Å². The largest absolute Gasteiger partial charge is 0.305 e. The predicted molar refractivity (Wildman–Crippen MR) is 107 cm³/mol. The van der Waals surface area contributed by atoms with Crippen molar-refractivity contribution in [1.82, 2.24) is 0 Å². The summed E-state index contributed by atoms with van der Waals surface area (Å²) in [5.41, 5.74) is 2.05. The van der Waals surface area contributed by atoms with Crippen molar-refractivity contribution in [2.45, 2.75) is 0 Å². The Morgan fingerprint density at radius 3 is 1.85 bits per heavy atom. The molecule has 0 radical (unpaired) electrons. The summed E-state index contributed by atoms with van der Waals surface area (Å²) in [6, 6.07) is 28.5. The van der Waals surface area contributed by atoms with Crippen LogP contribution < -0.4 is 10.6 Å². The first kappa shape index (κ1) is 15.3. The van der Waals surface area contributed by atoms with Crippen LogP contribution >= 0.6 is 7.14 Å². The SMILES string of the molecule is O=C(c1cccc2ccccc12)P1(=O)c2ccccc2-c2ccccc21. The van der Waals surface area contributed by atoms with Crippen molar-refractivity contribution in [3.05, 3.63) is 96.6 Å². The van der Waals surface area contributed by atoms with Crippen molar-refractivity contribution in [3.63, 3.8) is 0 Å². The van der Waals surface area contributed by atoms with Gasteiger partial charge in [-0.15, -0.1) is 0 Å². The molecule has 4 aromatic carbocycles. The van der Waals surface area contributed by atoms with Gasteiger partial charge in [0.15, 0.2) is 0 Å². The highest BCUT2D eigenvalue weighted by atomic mass is 31.2. The third kappa shape index (κ3) is 1.94. The summed E-state index contributed by atoms with van der Waals surface area (Å²) in [6.45, 7) is 0. The van der Waals surface area contributed by atoms with E-state index in [9.17, 15) is 9.36 Å². The Labute approximate surface area is 151 Å². The zero-order valence-corrected chi connectivity index (χ0v) is 14.8. The maximum atomic E-state index is 14.3. The van der Waals surface area contributed by atoms with E-state index in [0.717, 1.165) is 21.9 Å². The molecule has 26 heavy (non-hydrogen) atoms. The number of carbonyl (C=O) groups is 1. The molecule has 1 heterocycles. The van der Waals surface area contributed by atoms with E-state index in [2.05, 4.69) is 0 Å². The number of hydrogen-bond acceptors (Lipinski definition) is 2. The van der Waals surface area contributed by atoms with Crippen LogP contribution in [0.1, 0.15) is 10.4 Å². The van der Waals surface area contributed by atoms with Crippen LogP contribution in [-0.2, 0) is 4.57 Å². The van der Waals surface area contributed by atoms with Gasteiger partial charge in [-0.3, -0.25) is 4.79 Å². The third-order valence-corrected chi connectivity index (χ3v) is 8.03. The number of carbonyl (C=O) groups excluding carboxylic acids is 1. The summed E-state index contributed by atoms with van der Waals surface area (Å²) >= 11 is 0. The topological polar surface area (TPSA) is 34.1 Å². The smallest absolute Gasteiger partial charge is 0.230 e. The maximum Gasteiger partial charge on any atom is 0.230 e. The lowest BCUT2D eigenvalue weighted by Gasteiger charge is -2.15. The van der Waals surface area contributed by atoms with Gasteiger partial charge in [-0.25, -0.2) is 0 Å². The molecule has 0 aromatic heterocycles. The Kier molecular flexibility index (Phi) is 3.25. The minimum absolute atomic E-state index is 0.285. The maximum absolute atomic E-state index is 14.3. The van der Waals surface area contributed by atoms with Crippen LogP contribution in [0.15, 0.2) is 91.0 Å². The first-order chi connectivity index (χ1) is 12.7. The minimum atomic E-state index is -3.41. The molecule has 0 saturated carbocycles. The van der Waals surface area contributed by atoms with Crippen LogP contribution in [0.5, 0.6) is 0 Å². The quantitative estimate of drug-likeness (QED) is 0.476. The van der Waals surface area contributed by atoms with Crippen molar-refractivity contribution >= 4 is 34.0 Å². The van der Waals surface area contributed by atoms with E-state index in [0.29, 0.717) is 16.2 Å². The van der Waals surface area contributed by atoms with E-state index < -0.39 is 7.14 Å². The average Bonchev–Trinajstić information content (AvgIpc) is 2.98. The normalized spacial score (nSPS) is 14.0. The fraction of sp³-hybridized carbons (Fsp3) is 0. The molecule has 1 aliphatic rings. The van der Waals surface area contributed by atoms with Crippen molar-refractivity contribution in [2.24, 2.45) is 0 Å². The minimum Gasteiger partial charge on any atom is -0.305 e. The van der Waals surface area contributed by atoms with Gasteiger partial charge in [0.1, 0.15) is 0 Å². The molecule has 0 bridgehead atoms. The lowest BCUT2D eigenvalue weighted by molar-refractivity contribution is 0.107. The summed E-state index contributed by atoms with van der Waals surface area (Å²) in [4.78, 5) is 13.6. The molecular weight excluding hydrogens is 339 g/mol. The standard InChI is InChI=1S/C23H15O2P/c24-23(20-13-7-9-16-8-1-2-10-17(16)20)26(25)21-14-5-3-11-18(21)19-12-4-6-15-22(19)26/h1-15H. The average molecular weight is 354 g/mol. The van der Waals surface area contributed by atoms with Gasteiger partial charge < -0.3 is 4.57 Å². The fourth-order valence-electron chi connectivity index (χ4n) is 3.88. The van der Waals surface area contributed by atoms with Gasteiger partial charge in [0.2, 0.25) is 12.7 Å². The molecule has 3 heteroatoms. The Bertz CT molecular complexity index is 1180. The van der Waals surface area contributed by atoms with Gasteiger partial charge in [0, 0.05) is 16.2 Å². The Morgan fingerprint density at radius 1 is 0.615 bits per heavy atom. The number of benzene rings is 4. The Morgan fingerprint density at radius 2 is 1.15 bits per heavy atom. The van der Waals surface area contributed by atoms with Crippen LogP contribution in [0.2, 0.25) is 0 Å². The third-order valence-electron chi connectivity index (χ3n) is 5.08. The molecule has 0 amide bonds. The number of fused-ring (bicyclic) bond motifs is 4. The van der Waals surface area contributed by atoms with Crippen LogP contribution in [0, 0.1) is 0 Å². The van der Waals surface area contributed by atoms with Crippen molar-refractivity contribution in [1.29, 1.82) is 0 Å². The molecule has 0 fully saturated rings. The van der Waals surface area contributed by atoms with Crippen LogP contribution in [0.25, 0.3) is 21.9 Å². The van der Waals surface area contributed by atoms with E-state index >= 15 is 0 Å². The molecule has 1 aliphatic heterocycles. The zero-order valence-electron chi connectivity index (χ0n) is 13.9. The molecule has 5 rings (SSSR count). The monoisotopic (exact) mass is 354 g/mol. The molecule has 0 unspecified atom stereocenters. The van der Waals surface area contributed by atoms with Crippen LogP contribution in [-0.4, -0.2) is 5.52 Å². The summed E-state index contributed by atoms with van der Waals surface area (Å²) in [7, 11) is -3.41.